The van der Waals surface area contributed by atoms with Crippen LogP contribution in [-0.4, -0.2) is 87.7 Å². The van der Waals surface area contributed by atoms with Crippen molar-refractivity contribution in [2.24, 2.45) is 5.16 Å². The van der Waals surface area contributed by atoms with Crippen LogP contribution in [0.4, 0.5) is 13.2 Å². The van der Waals surface area contributed by atoms with Crippen molar-refractivity contribution in [2.45, 2.75) is 61.7 Å². The van der Waals surface area contributed by atoms with E-state index in [1.165, 1.54) is 18.0 Å². The third kappa shape index (κ3) is 4.61. The summed E-state index contributed by atoms with van der Waals surface area (Å²) in [5.41, 5.74) is 0.522. The fraction of sp³-hybridized carbons (Fsp3) is 0.609. The monoisotopic (exact) mass is 511 g/mol. The SMILES string of the molecule is CO[C@@H]1[C@@H](n2cc(-c3cc(F)c(F)c(F)c3)nn2)[C@@H](O)[C@@H](CO)O[C@@H]1CC1=NOC2(CCNCC2)C1. The van der Waals surface area contributed by atoms with Crippen LogP contribution in [-0.2, 0) is 14.3 Å². The Morgan fingerprint density at radius 2 is 1.92 bits per heavy atom. The quantitative estimate of drug-likeness (QED) is 0.497. The van der Waals surface area contributed by atoms with E-state index >= 15 is 0 Å². The zero-order valence-corrected chi connectivity index (χ0v) is 19.6. The maximum absolute atomic E-state index is 13.7. The van der Waals surface area contributed by atoms with Gasteiger partial charge in [-0.15, -0.1) is 5.10 Å². The van der Waals surface area contributed by atoms with E-state index in [0.717, 1.165) is 43.8 Å². The lowest BCUT2D eigenvalue weighted by Crippen LogP contribution is -2.57. The van der Waals surface area contributed by atoms with Crippen LogP contribution in [0.2, 0.25) is 0 Å². The number of nitrogens with zero attached hydrogens (tertiary/aromatic N) is 4. The standard InChI is InChI=1S/C23H28F3N5O5/c1-34-22-17(8-13-9-23(36-29-13)2-4-27-5-3-23)35-18(11-32)21(33)20(22)31-10-16(28-30-31)12-6-14(24)19(26)15(25)7-12/h6-7,10,17-18,20-22,27,32-33H,2-5,8-9,11H2,1H3/t17-,18-,20+,21+,22+/m1/s1. The Bertz CT molecular complexity index is 1100. The normalized spacial score (nSPS) is 29.8. The van der Waals surface area contributed by atoms with Gasteiger partial charge in [-0.2, -0.15) is 0 Å². The lowest BCUT2D eigenvalue weighted by molar-refractivity contribution is -0.210. The Kier molecular flexibility index (Phi) is 7.01. The first-order valence-corrected chi connectivity index (χ1v) is 11.8. The number of aromatic nitrogens is 3. The van der Waals surface area contributed by atoms with E-state index in [4.69, 9.17) is 14.3 Å². The van der Waals surface area contributed by atoms with E-state index in [1.807, 2.05) is 0 Å². The molecule has 1 spiro atoms. The van der Waals surface area contributed by atoms with Gasteiger partial charge in [-0.25, -0.2) is 17.9 Å². The van der Waals surface area contributed by atoms with E-state index in [1.54, 1.807) is 0 Å². The first-order valence-electron chi connectivity index (χ1n) is 11.8. The number of hydrogen-bond donors (Lipinski definition) is 3. The number of nitrogens with one attached hydrogen (secondary N) is 1. The highest BCUT2D eigenvalue weighted by molar-refractivity contribution is 5.86. The van der Waals surface area contributed by atoms with Crippen molar-refractivity contribution in [2.75, 3.05) is 26.8 Å². The Morgan fingerprint density at radius 3 is 2.58 bits per heavy atom. The molecule has 196 valence electrons. The average molecular weight is 512 g/mol. The summed E-state index contributed by atoms with van der Waals surface area (Å²) in [6, 6.07) is 0.780. The molecule has 1 aromatic heterocycles. The van der Waals surface area contributed by atoms with Crippen molar-refractivity contribution < 1.29 is 37.7 Å². The topological polar surface area (TPSA) is 123 Å². The number of methoxy groups -OCH3 is 1. The van der Waals surface area contributed by atoms with E-state index in [-0.39, 0.29) is 16.9 Å². The molecule has 0 saturated carbocycles. The molecule has 0 radical (unpaired) electrons. The number of ether oxygens (including phenoxy) is 2. The van der Waals surface area contributed by atoms with Gasteiger partial charge in [0.25, 0.3) is 0 Å². The third-order valence-electron chi connectivity index (χ3n) is 7.18. The maximum atomic E-state index is 13.7. The van der Waals surface area contributed by atoms with Crippen molar-refractivity contribution in [1.29, 1.82) is 0 Å². The molecule has 3 aliphatic rings. The predicted molar refractivity (Wildman–Crippen MR) is 120 cm³/mol. The van der Waals surface area contributed by atoms with Gasteiger partial charge in [0.1, 0.15) is 35.6 Å². The van der Waals surface area contributed by atoms with Gasteiger partial charge in [-0.05, 0) is 25.2 Å². The minimum atomic E-state index is -1.58. The number of hydrogen-bond acceptors (Lipinski definition) is 9. The highest BCUT2D eigenvalue weighted by atomic mass is 19.2. The van der Waals surface area contributed by atoms with Gasteiger partial charge in [0.15, 0.2) is 17.5 Å². The van der Waals surface area contributed by atoms with Crippen molar-refractivity contribution >= 4 is 5.71 Å². The number of aliphatic hydroxyl groups is 2. The van der Waals surface area contributed by atoms with Gasteiger partial charge in [0.2, 0.25) is 0 Å². The second-order valence-corrected chi connectivity index (χ2v) is 9.48. The number of oxime groups is 1. The van der Waals surface area contributed by atoms with Crippen LogP contribution >= 0.6 is 0 Å². The van der Waals surface area contributed by atoms with Crippen LogP contribution in [0.15, 0.2) is 23.5 Å². The van der Waals surface area contributed by atoms with E-state index in [9.17, 15) is 23.4 Å². The number of aliphatic hydroxyl groups excluding tert-OH is 2. The first kappa shape index (κ1) is 25.1. The number of halogens is 3. The van der Waals surface area contributed by atoms with Gasteiger partial charge in [-0.1, -0.05) is 10.4 Å². The van der Waals surface area contributed by atoms with E-state index in [2.05, 4.69) is 20.8 Å². The molecule has 0 amide bonds. The van der Waals surface area contributed by atoms with Gasteiger partial charge >= 0.3 is 0 Å². The summed E-state index contributed by atoms with van der Waals surface area (Å²) in [5, 5.41) is 36.5. The van der Waals surface area contributed by atoms with Gasteiger partial charge < -0.3 is 29.8 Å². The molecule has 36 heavy (non-hydrogen) atoms. The Hall–Kier alpha value is -2.58. The van der Waals surface area contributed by atoms with Crippen LogP contribution in [0.5, 0.6) is 0 Å². The van der Waals surface area contributed by atoms with Crippen LogP contribution < -0.4 is 5.32 Å². The molecule has 2 saturated heterocycles. The van der Waals surface area contributed by atoms with Gasteiger partial charge in [0.05, 0.1) is 24.6 Å². The van der Waals surface area contributed by atoms with Crippen molar-refractivity contribution in [1.82, 2.24) is 20.3 Å². The molecule has 0 bridgehead atoms. The lowest BCUT2D eigenvalue weighted by Gasteiger charge is -2.43. The largest absolute Gasteiger partial charge is 0.394 e. The molecule has 3 N–H and O–H groups in total. The molecule has 0 aliphatic carbocycles. The molecular weight excluding hydrogens is 483 g/mol. The summed E-state index contributed by atoms with van der Waals surface area (Å²) >= 11 is 0. The molecule has 2 aromatic rings. The molecule has 4 heterocycles. The molecule has 5 rings (SSSR count). The Labute approximate surface area is 205 Å². The summed E-state index contributed by atoms with van der Waals surface area (Å²) in [4.78, 5) is 5.81. The van der Waals surface area contributed by atoms with Gasteiger partial charge in [0, 0.05) is 38.4 Å². The summed E-state index contributed by atoms with van der Waals surface area (Å²) in [5.74, 6) is -4.29. The van der Waals surface area contributed by atoms with Crippen LogP contribution in [0.3, 0.4) is 0 Å². The Balaban J connectivity index is 1.39. The Morgan fingerprint density at radius 1 is 1.19 bits per heavy atom. The van der Waals surface area contributed by atoms with Crippen LogP contribution in [0, 0.1) is 17.5 Å². The number of benzene rings is 1. The molecule has 13 heteroatoms. The van der Waals surface area contributed by atoms with Crippen molar-refractivity contribution in [3.63, 3.8) is 0 Å². The summed E-state index contributed by atoms with van der Waals surface area (Å²) < 4.78 is 53.9. The smallest absolute Gasteiger partial charge is 0.194 e. The molecule has 1 aromatic carbocycles. The zero-order valence-electron chi connectivity index (χ0n) is 19.6. The van der Waals surface area contributed by atoms with Crippen molar-refractivity contribution in [3.8, 4) is 11.3 Å². The minimum Gasteiger partial charge on any atom is -0.394 e. The highest BCUT2D eigenvalue weighted by Crippen LogP contribution is 2.38. The molecule has 0 unspecified atom stereocenters. The molecular formula is C23H28F3N5O5. The third-order valence-corrected chi connectivity index (χ3v) is 7.18. The number of piperidine rings is 1. The average Bonchev–Trinajstić information content (AvgIpc) is 3.51. The first-order chi connectivity index (χ1) is 17.3. The predicted octanol–water partition coefficient (Wildman–Crippen LogP) is 1.33. The van der Waals surface area contributed by atoms with Crippen molar-refractivity contribution in [3.05, 3.63) is 35.8 Å². The second-order valence-electron chi connectivity index (χ2n) is 9.48. The van der Waals surface area contributed by atoms with Gasteiger partial charge in [-0.3, -0.25) is 0 Å². The molecule has 10 nitrogen and oxygen atoms in total. The zero-order chi connectivity index (χ0) is 25.4. The minimum absolute atomic E-state index is 0.0202. The van der Waals surface area contributed by atoms with Crippen LogP contribution in [0.1, 0.15) is 31.7 Å². The highest BCUT2D eigenvalue weighted by Gasteiger charge is 2.49. The van der Waals surface area contributed by atoms with E-state index in [0.29, 0.717) is 12.8 Å². The molecule has 5 atom stereocenters. The fourth-order valence-electron chi connectivity index (χ4n) is 5.28. The summed E-state index contributed by atoms with van der Waals surface area (Å²) in [6.45, 7) is 1.24. The fourth-order valence-corrected chi connectivity index (χ4v) is 5.28. The van der Waals surface area contributed by atoms with E-state index < -0.39 is 54.5 Å². The molecule has 2 fully saturated rings. The number of rotatable bonds is 6. The summed E-state index contributed by atoms with van der Waals surface area (Å²) in [7, 11) is 1.46. The summed E-state index contributed by atoms with van der Waals surface area (Å²) in [6.07, 6.45) is 0.543. The molecule has 3 aliphatic heterocycles. The lowest BCUT2D eigenvalue weighted by atomic mass is 9.84. The second kappa shape index (κ2) is 10.1. The maximum Gasteiger partial charge on any atom is 0.194 e. The van der Waals surface area contributed by atoms with Crippen LogP contribution in [0.25, 0.3) is 11.3 Å².